The predicted octanol–water partition coefficient (Wildman–Crippen LogP) is 4.22. The van der Waals surface area contributed by atoms with Gasteiger partial charge in [-0.1, -0.05) is 58.6 Å². The molecule has 0 saturated carbocycles. The molecule has 3 aromatic rings. The van der Waals surface area contributed by atoms with Gasteiger partial charge in [0.15, 0.2) is 0 Å². The number of benzene rings is 2. The Hall–Kier alpha value is -2.37. The number of halogens is 2. The van der Waals surface area contributed by atoms with Crippen molar-refractivity contribution in [3.63, 3.8) is 0 Å². The second-order valence-corrected chi connectivity index (χ2v) is 5.59. The van der Waals surface area contributed by atoms with E-state index in [-0.39, 0.29) is 24.2 Å². The molecule has 0 unspecified atom stereocenters. The molecule has 5 nitrogen and oxygen atoms in total. The molecule has 1 amide bonds. The molecule has 23 heavy (non-hydrogen) atoms. The molecular formula is C16H11Cl2N3O2. The van der Waals surface area contributed by atoms with Crippen molar-refractivity contribution in [2.45, 2.75) is 6.42 Å². The first-order valence-electron chi connectivity index (χ1n) is 6.74. The van der Waals surface area contributed by atoms with Gasteiger partial charge in [0.2, 0.25) is 5.91 Å². The van der Waals surface area contributed by atoms with Crippen LogP contribution in [0.3, 0.4) is 0 Å². The van der Waals surface area contributed by atoms with E-state index in [0.29, 0.717) is 15.6 Å². The second kappa shape index (κ2) is 6.81. The van der Waals surface area contributed by atoms with Gasteiger partial charge in [-0.2, -0.15) is 0 Å². The highest BCUT2D eigenvalue weighted by Crippen LogP contribution is 2.30. The number of aromatic nitrogens is 2. The molecular weight excluding hydrogens is 337 g/mol. The number of hydrogen-bond acceptors (Lipinski definition) is 4. The van der Waals surface area contributed by atoms with E-state index in [1.54, 1.807) is 18.2 Å². The van der Waals surface area contributed by atoms with Crippen LogP contribution in [0.25, 0.3) is 11.5 Å². The Morgan fingerprint density at radius 2 is 1.87 bits per heavy atom. The molecule has 0 radical (unpaired) electrons. The third-order valence-electron chi connectivity index (χ3n) is 3.04. The number of carbonyl (C=O) groups is 1. The summed E-state index contributed by atoms with van der Waals surface area (Å²) in [6.45, 7) is 0. The van der Waals surface area contributed by atoms with Crippen LogP contribution in [0.4, 0.5) is 6.01 Å². The van der Waals surface area contributed by atoms with Gasteiger partial charge < -0.3 is 4.42 Å². The summed E-state index contributed by atoms with van der Waals surface area (Å²) in [7, 11) is 0. The summed E-state index contributed by atoms with van der Waals surface area (Å²) < 4.78 is 5.42. The highest BCUT2D eigenvalue weighted by atomic mass is 35.5. The topological polar surface area (TPSA) is 68.0 Å². The van der Waals surface area contributed by atoms with Gasteiger partial charge in [0.25, 0.3) is 5.89 Å². The van der Waals surface area contributed by atoms with Crippen LogP contribution in [0, 0.1) is 0 Å². The van der Waals surface area contributed by atoms with Crippen LogP contribution in [-0.2, 0) is 11.2 Å². The summed E-state index contributed by atoms with van der Waals surface area (Å²) in [5, 5.41) is 11.2. The molecule has 0 spiro atoms. The zero-order chi connectivity index (χ0) is 16.2. The van der Waals surface area contributed by atoms with Crippen LogP contribution < -0.4 is 5.32 Å². The normalized spacial score (nSPS) is 10.5. The predicted molar refractivity (Wildman–Crippen MR) is 88.5 cm³/mol. The fourth-order valence-corrected chi connectivity index (χ4v) is 2.36. The van der Waals surface area contributed by atoms with E-state index in [4.69, 9.17) is 27.6 Å². The molecule has 0 aliphatic rings. The van der Waals surface area contributed by atoms with Crippen molar-refractivity contribution in [1.82, 2.24) is 10.2 Å². The summed E-state index contributed by atoms with van der Waals surface area (Å²) in [6.07, 6.45) is 0.219. The molecule has 0 fully saturated rings. The fraction of sp³-hybridized carbons (Fsp3) is 0.0625. The molecule has 0 aliphatic carbocycles. The molecule has 2 aromatic carbocycles. The standard InChI is InChI=1S/C16H11Cl2N3O2/c17-11-6-7-13(18)12(9-11)15-20-21-16(23-15)19-14(22)8-10-4-2-1-3-5-10/h1-7,9H,8H2,(H,19,21,22). The van der Waals surface area contributed by atoms with Crippen molar-refractivity contribution in [2.75, 3.05) is 5.32 Å². The quantitative estimate of drug-likeness (QED) is 0.766. The van der Waals surface area contributed by atoms with Gasteiger partial charge in [-0.3, -0.25) is 10.1 Å². The summed E-state index contributed by atoms with van der Waals surface area (Å²) in [4.78, 5) is 12.0. The lowest BCUT2D eigenvalue weighted by molar-refractivity contribution is -0.115. The van der Waals surface area contributed by atoms with Gasteiger partial charge in [-0.25, -0.2) is 0 Å². The third kappa shape index (κ3) is 3.88. The van der Waals surface area contributed by atoms with Crippen molar-refractivity contribution in [2.24, 2.45) is 0 Å². The Balaban J connectivity index is 1.72. The lowest BCUT2D eigenvalue weighted by Crippen LogP contribution is -2.14. The molecule has 3 rings (SSSR count). The number of anilines is 1. The van der Waals surface area contributed by atoms with Gasteiger partial charge in [0.1, 0.15) is 0 Å². The Morgan fingerprint density at radius 3 is 2.65 bits per heavy atom. The minimum atomic E-state index is -0.247. The third-order valence-corrected chi connectivity index (χ3v) is 3.60. The van der Waals surface area contributed by atoms with E-state index < -0.39 is 0 Å². The van der Waals surface area contributed by atoms with E-state index >= 15 is 0 Å². The van der Waals surface area contributed by atoms with Crippen molar-refractivity contribution in [3.05, 3.63) is 64.1 Å². The van der Waals surface area contributed by atoms with Gasteiger partial charge >= 0.3 is 6.01 Å². The number of carbonyl (C=O) groups excluding carboxylic acids is 1. The van der Waals surface area contributed by atoms with Crippen LogP contribution in [-0.4, -0.2) is 16.1 Å². The maximum Gasteiger partial charge on any atom is 0.322 e. The maximum absolute atomic E-state index is 12.0. The maximum atomic E-state index is 12.0. The van der Waals surface area contributed by atoms with Crippen molar-refractivity contribution in [1.29, 1.82) is 0 Å². The van der Waals surface area contributed by atoms with Crippen LogP contribution in [0.1, 0.15) is 5.56 Å². The number of nitrogens with zero attached hydrogens (tertiary/aromatic N) is 2. The number of nitrogens with one attached hydrogen (secondary N) is 1. The van der Waals surface area contributed by atoms with E-state index in [9.17, 15) is 4.79 Å². The Morgan fingerprint density at radius 1 is 1.09 bits per heavy atom. The Labute approximate surface area is 142 Å². The smallest absolute Gasteiger partial charge is 0.322 e. The van der Waals surface area contributed by atoms with Gasteiger partial charge in [0.05, 0.1) is 17.0 Å². The molecule has 0 bridgehead atoms. The minimum absolute atomic E-state index is 0.0111. The average molecular weight is 348 g/mol. The largest absolute Gasteiger partial charge is 0.403 e. The molecule has 1 heterocycles. The molecule has 0 atom stereocenters. The average Bonchev–Trinajstić information content (AvgIpc) is 2.98. The van der Waals surface area contributed by atoms with Crippen LogP contribution in [0.15, 0.2) is 52.9 Å². The van der Waals surface area contributed by atoms with E-state index in [2.05, 4.69) is 15.5 Å². The number of hydrogen-bond donors (Lipinski definition) is 1. The van der Waals surface area contributed by atoms with Gasteiger partial charge in [0, 0.05) is 5.02 Å². The first-order chi connectivity index (χ1) is 11.1. The Bertz CT molecular complexity index is 834. The molecule has 7 heteroatoms. The highest BCUT2D eigenvalue weighted by Gasteiger charge is 2.14. The second-order valence-electron chi connectivity index (χ2n) is 4.75. The highest BCUT2D eigenvalue weighted by molar-refractivity contribution is 6.35. The van der Waals surface area contributed by atoms with E-state index in [0.717, 1.165) is 5.56 Å². The lowest BCUT2D eigenvalue weighted by Gasteiger charge is -2.01. The van der Waals surface area contributed by atoms with E-state index in [1.807, 2.05) is 30.3 Å². The first-order valence-corrected chi connectivity index (χ1v) is 7.50. The van der Waals surface area contributed by atoms with Crippen LogP contribution in [0.5, 0.6) is 0 Å². The summed E-state index contributed by atoms with van der Waals surface area (Å²) >= 11 is 12.0. The molecule has 0 saturated heterocycles. The summed E-state index contributed by atoms with van der Waals surface area (Å²) in [6, 6.07) is 14.3. The minimum Gasteiger partial charge on any atom is -0.403 e. The van der Waals surface area contributed by atoms with Crippen LogP contribution >= 0.6 is 23.2 Å². The van der Waals surface area contributed by atoms with Gasteiger partial charge in [-0.05, 0) is 23.8 Å². The zero-order valence-corrected chi connectivity index (χ0v) is 13.3. The fourth-order valence-electron chi connectivity index (χ4n) is 1.99. The van der Waals surface area contributed by atoms with E-state index in [1.165, 1.54) is 0 Å². The molecule has 0 aliphatic heterocycles. The van der Waals surface area contributed by atoms with Gasteiger partial charge in [-0.15, -0.1) is 5.10 Å². The zero-order valence-electron chi connectivity index (χ0n) is 11.8. The van der Waals surface area contributed by atoms with Crippen molar-refractivity contribution in [3.8, 4) is 11.5 Å². The lowest BCUT2D eigenvalue weighted by atomic mass is 10.1. The SMILES string of the molecule is O=C(Cc1ccccc1)Nc1nnc(-c2cc(Cl)ccc2Cl)o1. The number of rotatable bonds is 4. The number of amides is 1. The summed E-state index contributed by atoms with van der Waals surface area (Å²) in [5.41, 5.74) is 1.40. The molecule has 1 N–H and O–H groups in total. The first kappa shape index (κ1) is 15.5. The monoisotopic (exact) mass is 347 g/mol. The Kier molecular flexibility index (Phi) is 4.60. The summed E-state index contributed by atoms with van der Waals surface area (Å²) in [5.74, 6) is -0.0592. The molecule has 1 aromatic heterocycles. The van der Waals surface area contributed by atoms with Crippen molar-refractivity contribution < 1.29 is 9.21 Å². The molecule has 116 valence electrons. The van der Waals surface area contributed by atoms with Crippen LogP contribution in [0.2, 0.25) is 10.0 Å². The van der Waals surface area contributed by atoms with Crippen molar-refractivity contribution >= 4 is 35.1 Å².